The standard InChI is InChI=1S/C16H11F3IN5O2/c17-16(18,19)11-5-13(7-21-6-11)22-15(26)23-14-9-25(24-27-14)8-10-1-3-12(20)4-2-10/h1-7,9H,8H2,(H-,22,23,24,26). The van der Waals surface area contributed by atoms with E-state index in [0.717, 1.165) is 21.4 Å². The molecule has 0 atom stereocenters. The molecule has 1 N–H and O–H groups in total. The van der Waals surface area contributed by atoms with Crippen LogP contribution < -0.4 is 10.00 Å². The van der Waals surface area contributed by atoms with Gasteiger partial charge in [-0.1, -0.05) is 12.1 Å². The smallest absolute Gasteiger partial charge is 0.417 e. The molecule has 7 nitrogen and oxygen atoms in total. The van der Waals surface area contributed by atoms with Gasteiger partial charge in [0.2, 0.25) is 18.6 Å². The Morgan fingerprint density at radius 3 is 2.70 bits per heavy atom. The van der Waals surface area contributed by atoms with Crippen LogP contribution in [0.5, 0.6) is 0 Å². The molecule has 0 aliphatic rings. The lowest BCUT2D eigenvalue weighted by molar-refractivity contribution is -0.754. The first-order chi connectivity index (χ1) is 12.8. The number of pyridine rings is 1. The van der Waals surface area contributed by atoms with Crippen molar-refractivity contribution in [2.24, 2.45) is 0 Å². The number of hydrogen-bond donors (Lipinski definition) is 1. The number of anilines is 1. The summed E-state index contributed by atoms with van der Waals surface area (Å²) in [4.78, 5) is 15.3. The molecule has 11 heteroatoms. The van der Waals surface area contributed by atoms with Crippen molar-refractivity contribution in [2.45, 2.75) is 12.7 Å². The van der Waals surface area contributed by atoms with E-state index >= 15 is 0 Å². The summed E-state index contributed by atoms with van der Waals surface area (Å²) >= 11 is 2.19. The van der Waals surface area contributed by atoms with E-state index in [1.807, 2.05) is 24.3 Å². The number of benzene rings is 1. The van der Waals surface area contributed by atoms with Crippen molar-refractivity contribution in [3.63, 3.8) is 0 Å². The Morgan fingerprint density at radius 1 is 1.26 bits per heavy atom. The Balaban J connectivity index is 1.60. The number of carbonyl (C=O) groups excluding carboxylic acids is 1. The number of nitrogens with zero attached hydrogens (tertiary/aromatic N) is 4. The van der Waals surface area contributed by atoms with Gasteiger partial charge in [0.1, 0.15) is 0 Å². The molecular weight excluding hydrogens is 478 g/mol. The van der Waals surface area contributed by atoms with E-state index in [9.17, 15) is 18.0 Å². The van der Waals surface area contributed by atoms with E-state index in [2.05, 4.69) is 43.5 Å². The van der Waals surface area contributed by atoms with Crippen molar-refractivity contribution in [3.8, 4) is 0 Å². The van der Waals surface area contributed by atoms with Crippen molar-refractivity contribution in [1.82, 2.24) is 10.3 Å². The van der Waals surface area contributed by atoms with Gasteiger partial charge in [-0.3, -0.25) is 9.78 Å². The fourth-order valence-corrected chi connectivity index (χ4v) is 2.44. The molecule has 3 aromatic rings. The number of amides is 2. The van der Waals surface area contributed by atoms with Gasteiger partial charge in [-0.05, 0) is 51.2 Å². The minimum atomic E-state index is -4.56. The van der Waals surface area contributed by atoms with Gasteiger partial charge in [0.05, 0.1) is 5.56 Å². The number of aromatic nitrogens is 3. The normalized spacial score (nSPS) is 11.3. The van der Waals surface area contributed by atoms with Crippen LogP contribution in [0.15, 0.2) is 53.4 Å². The lowest BCUT2D eigenvalue weighted by Crippen LogP contribution is -2.35. The topological polar surface area (TPSA) is 86.0 Å². The summed E-state index contributed by atoms with van der Waals surface area (Å²) in [5.74, 6) is -0.0852. The second-order valence-corrected chi connectivity index (χ2v) is 6.61. The Morgan fingerprint density at radius 2 is 2.00 bits per heavy atom. The SMILES string of the molecule is O=C([N-]c1c[n+](Cc2ccc(I)cc2)no1)Nc1cncc(C(F)(F)F)c1. The van der Waals surface area contributed by atoms with Crippen molar-refractivity contribution >= 4 is 40.2 Å². The van der Waals surface area contributed by atoms with Gasteiger partial charge in [0.25, 0.3) is 0 Å². The first kappa shape index (κ1) is 19.1. The van der Waals surface area contributed by atoms with E-state index in [0.29, 0.717) is 12.7 Å². The number of halogens is 4. The molecule has 0 aliphatic heterocycles. The van der Waals surface area contributed by atoms with Gasteiger partial charge in [-0.25, -0.2) is 0 Å². The van der Waals surface area contributed by atoms with E-state index in [1.165, 1.54) is 10.9 Å². The van der Waals surface area contributed by atoms with E-state index in [1.54, 1.807) is 0 Å². The molecule has 2 aromatic heterocycles. The quantitative estimate of drug-likeness (QED) is 0.439. The largest absolute Gasteiger partial charge is 0.423 e. The van der Waals surface area contributed by atoms with Crippen molar-refractivity contribution in [2.75, 3.05) is 5.32 Å². The van der Waals surface area contributed by atoms with Crippen molar-refractivity contribution in [3.05, 3.63) is 68.9 Å². The third kappa shape index (κ3) is 5.39. The summed E-state index contributed by atoms with van der Waals surface area (Å²) in [7, 11) is 0. The zero-order valence-electron chi connectivity index (χ0n) is 13.4. The Labute approximate surface area is 164 Å². The monoisotopic (exact) mass is 489 g/mol. The third-order valence-electron chi connectivity index (χ3n) is 3.29. The highest BCUT2D eigenvalue weighted by atomic mass is 127. The summed E-state index contributed by atoms with van der Waals surface area (Å²) in [6, 6.07) is 7.59. The maximum Gasteiger partial charge on any atom is 0.417 e. The zero-order valence-corrected chi connectivity index (χ0v) is 15.6. The average molecular weight is 489 g/mol. The molecule has 0 bridgehead atoms. The van der Waals surface area contributed by atoms with Crippen LogP contribution >= 0.6 is 22.6 Å². The highest BCUT2D eigenvalue weighted by Crippen LogP contribution is 2.30. The van der Waals surface area contributed by atoms with Crippen LogP contribution in [0.4, 0.5) is 29.5 Å². The average Bonchev–Trinajstić information content (AvgIpc) is 3.03. The van der Waals surface area contributed by atoms with Gasteiger partial charge in [-0.15, -0.1) is 0 Å². The zero-order chi connectivity index (χ0) is 19.4. The minimum absolute atomic E-state index is 0.0852. The van der Waals surface area contributed by atoms with Crippen molar-refractivity contribution in [1.29, 1.82) is 0 Å². The Hall–Kier alpha value is -2.70. The van der Waals surface area contributed by atoms with E-state index < -0.39 is 17.8 Å². The summed E-state index contributed by atoms with van der Waals surface area (Å²) < 4.78 is 45.4. The number of hydrogen-bond acceptors (Lipinski definition) is 4. The fraction of sp³-hybridized carbons (Fsp3) is 0.125. The summed E-state index contributed by atoms with van der Waals surface area (Å²) in [6.07, 6.45) is -1.41. The van der Waals surface area contributed by atoms with E-state index in [-0.39, 0.29) is 11.6 Å². The van der Waals surface area contributed by atoms with Crippen LogP contribution in [0, 0.1) is 3.57 Å². The number of alkyl halides is 3. The number of carbonyl (C=O) groups is 1. The second kappa shape index (κ2) is 7.90. The van der Waals surface area contributed by atoms with Gasteiger partial charge < -0.3 is 15.2 Å². The van der Waals surface area contributed by atoms with Gasteiger partial charge >= 0.3 is 6.18 Å². The minimum Gasteiger partial charge on any atom is -0.423 e. The third-order valence-corrected chi connectivity index (χ3v) is 4.00. The summed E-state index contributed by atoms with van der Waals surface area (Å²) in [5.41, 5.74) is -0.139. The van der Waals surface area contributed by atoms with Gasteiger partial charge in [0.15, 0.2) is 11.3 Å². The van der Waals surface area contributed by atoms with Crippen molar-refractivity contribution < 1.29 is 27.2 Å². The highest BCUT2D eigenvalue weighted by molar-refractivity contribution is 14.1. The number of urea groups is 1. The first-order valence-electron chi connectivity index (χ1n) is 7.45. The molecule has 0 unspecified atom stereocenters. The molecule has 0 fully saturated rings. The molecule has 0 spiro atoms. The number of rotatable bonds is 4. The lowest BCUT2D eigenvalue weighted by Gasteiger charge is -2.14. The van der Waals surface area contributed by atoms with Crippen LogP contribution in [0.2, 0.25) is 0 Å². The fourth-order valence-electron chi connectivity index (χ4n) is 2.08. The molecule has 27 heavy (non-hydrogen) atoms. The molecule has 2 heterocycles. The molecule has 140 valence electrons. The molecule has 0 aliphatic carbocycles. The molecule has 0 saturated carbocycles. The van der Waals surface area contributed by atoms with Crippen LogP contribution in [-0.2, 0) is 12.7 Å². The predicted molar refractivity (Wildman–Crippen MR) is 96.2 cm³/mol. The summed E-state index contributed by atoms with van der Waals surface area (Å²) in [6.45, 7) is 0.412. The van der Waals surface area contributed by atoms with Crippen LogP contribution in [0.1, 0.15) is 11.1 Å². The Bertz CT molecular complexity index is 944. The maximum absolute atomic E-state index is 12.7. The van der Waals surface area contributed by atoms with Crippen LogP contribution in [-0.4, -0.2) is 16.3 Å². The molecule has 0 radical (unpaired) electrons. The van der Waals surface area contributed by atoms with Gasteiger partial charge in [0, 0.05) is 21.5 Å². The lowest BCUT2D eigenvalue weighted by atomic mass is 10.2. The molecule has 1 aromatic carbocycles. The first-order valence-corrected chi connectivity index (χ1v) is 8.53. The van der Waals surface area contributed by atoms with E-state index in [4.69, 9.17) is 4.52 Å². The number of nitrogens with one attached hydrogen (secondary N) is 1. The second-order valence-electron chi connectivity index (χ2n) is 5.37. The highest BCUT2D eigenvalue weighted by Gasteiger charge is 2.30. The molecule has 0 saturated heterocycles. The summed E-state index contributed by atoms with van der Waals surface area (Å²) in [5, 5.41) is 9.56. The van der Waals surface area contributed by atoms with Crippen LogP contribution in [0.3, 0.4) is 0 Å². The molecule has 3 rings (SSSR count). The van der Waals surface area contributed by atoms with Crippen LogP contribution in [0.25, 0.3) is 5.32 Å². The maximum atomic E-state index is 12.7. The molecule has 2 amide bonds. The molecular formula is C16H11F3IN5O2. The van der Waals surface area contributed by atoms with Gasteiger partial charge in [-0.2, -0.15) is 13.2 Å². The Kier molecular flexibility index (Phi) is 5.58. The predicted octanol–water partition coefficient (Wildman–Crippen LogP) is 4.27.